The molecule has 0 saturated carbocycles. The normalized spacial score (nSPS) is 12.2. The molecule has 5 nitrogen and oxygen atoms in total. The van der Waals surface area contributed by atoms with Crippen molar-refractivity contribution in [2.75, 3.05) is 0 Å². The standard InChI is InChI=1S/C12H14ClNO4/c1-6(2)10(12(17)18)14-11(16)8-5-7(15)3-4-9(8)13/h3-6,10,15H,1-2H3,(H,14,16)(H,17,18). The second-order valence-corrected chi connectivity index (χ2v) is 4.60. The van der Waals surface area contributed by atoms with E-state index in [1.807, 2.05) is 0 Å². The molecule has 1 rings (SSSR count). The molecule has 1 aromatic carbocycles. The van der Waals surface area contributed by atoms with Crippen LogP contribution in [0.15, 0.2) is 18.2 Å². The largest absolute Gasteiger partial charge is 0.508 e. The third-order valence-corrected chi connectivity index (χ3v) is 2.74. The van der Waals surface area contributed by atoms with Crippen molar-refractivity contribution in [3.8, 4) is 5.75 Å². The van der Waals surface area contributed by atoms with Crippen LogP contribution < -0.4 is 5.32 Å². The van der Waals surface area contributed by atoms with Crippen LogP contribution in [0.5, 0.6) is 5.75 Å². The molecule has 0 aromatic heterocycles. The molecule has 3 N–H and O–H groups in total. The van der Waals surface area contributed by atoms with E-state index in [2.05, 4.69) is 5.32 Å². The highest BCUT2D eigenvalue weighted by Crippen LogP contribution is 2.21. The maximum atomic E-state index is 11.9. The molecule has 98 valence electrons. The number of benzene rings is 1. The molecule has 0 radical (unpaired) electrons. The van der Waals surface area contributed by atoms with Gasteiger partial charge >= 0.3 is 5.97 Å². The first-order chi connectivity index (χ1) is 8.32. The fourth-order valence-corrected chi connectivity index (χ4v) is 1.62. The number of carbonyl (C=O) groups is 2. The quantitative estimate of drug-likeness (QED) is 0.780. The first kappa shape index (κ1) is 14.3. The molecular formula is C12H14ClNO4. The lowest BCUT2D eigenvalue weighted by molar-refractivity contribution is -0.140. The first-order valence-corrected chi connectivity index (χ1v) is 5.73. The average molecular weight is 272 g/mol. The lowest BCUT2D eigenvalue weighted by Gasteiger charge is -2.18. The Morgan fingerprint density at radius 3 is 2.44 bits per heavy atom. The summed E-state index contributed by atoms with van der Waals surface area (Å²) in [5.74, 6) is -2.12. The number of hydrogen-bond acceptors (Lipinski definition) is 3. The molecule has 1 aromatic rings. The van der Waals surface area contributed by atoms with Crippen molar-refractivity contribution in [1.29, 1.82) is 0 Å². The smallest absolute Gasteiger partial charge is 0.326 e. The fourth-order valence-electron chi connectivity index (χ4n) is 1.42. The molecule has 0 saturated heterocycles. The Balaban J connectivity index is 2.94. The van der Waals surface area contributed by atoms with Crippen LogP contribution in [0.2, 0.25) is 5.02 Å². The van der Waals surface area contributed by atoms with Gasteiger partial charge in [0, 0.05) is 0 Å². The molecule has 0 aliphatic rings. The third kappa shape index (κ3) is 3.37. The highest BCUT2D eigenvalue weighted by Gasteiger charge is 2.24. The number of rotatable bonds is 4. The molecule has 0 bridgehead atoms. The minimum atomic E-state index is -1.12. The van der Waals surface area contributed by atoms with Crippen molar-refractivity contribution >= 4 is 23.5 Å². The van der Waals surface area contributed by atoms with Crippen molar-refractivity contribution in [1.82, 2.24) is 5.32 Å². The van der Waals surface area contributed by atoms with E-state index in [-0.39, 0.29) is 22.3 Å². The SMILES string of the molecule is CC(C)C(NC(=O)c1cc(O)ccc1Cl)C(=O)O. The van der Waals surface area contributed by atoms with Crippen LogP contribution in [0.1, 0.15) is 24.2 Å². The van der Waals surface area contributed by atoms with Crippen LogP contribution in [0.3, 0.4) is 0 Å². The van der Waals surface area contributed by atoms with Gasteiger partial charge in [0.05, 0.1) is 10.6 Å². The summed E-state index contributed by atoms with van der Waals surface area (Å²) in [6, 6.07) is 2.90. The summed E-state index contributed by atoms with van der Waals surface area (Å²) in [5, 5.41) is 20.8. The van der Waals surface area contributed by atoms with Gasteiger partial charge in [-0.3, -0.25) is 4.79 Å². The lowest BCUT2D eigenvalue weighted by atomic mass is 10.0. The monoisotopic (exact) mass is 271 g/mol. The lowest BCUT2D eigenvalue weighted by Crippen LogP contribution is -2.44. The zero-order chi connectivity index (χ0) is 13.9. The maximum Gasteiger partial charge on any atom is 0.326 e. The van der Waals surface area contributed by atoms with Gasteiger partial charge in [-0.05, 0) is 24.1 Å². The number of nitrogens with one attached hydrogen (secondary N) is 1. The highest BCUT2D eigenvalue weighted by molar-refractivity contribution is 6.33. The summed E-state index contributed by atoms with van der Waals surface area (Å²) in [6.07, 6.45) is 0. The summed E-state index contributed by atoms with van der Waals surface area (Å²) in [5.41, 5.74) is 0.0450. The summed E-state index contributed by atoms with van der Waals surface area (Å²) >= 11 is 5.81. The predicted octanol–water partition coefficient (Wildman–Crippen LogP) is 1.88. The van der Waals surface area contributed by atoms with Crippen LogP contribution >= 0.6 is 11.6 Å². The number of aliphatic carboxylic acids is 1. The van der Waals surface area contributed by atoms with Gasteiger partial charge in [0.1, 0.15) is 11.8 Å². The number of halogens is 1. The van der Waals surface area contributed by atoms with E-state index in [0.29, 0.717) is 0 Å². The van der Waals surface area contributed by atoms with E-state index < -0.39 is 17.9 Å². The van der Waals surface area contributed by atoms with Crippen LogP contribution in [-0.2, 0) is 4.79 Å². The number of amides is 1. The number of aromatic hydroxyl groups is 1. The minimum Gasteiger partial charge on any atom is -0.508 e. The number of phenols is 1. The molecule has 1 unspecified atom stereocenters. The van der Waals surface area contributed by atoms with E-state index in [9.17, 15) is 14.7 Å². The Bertz CT molecular complexity index is 473. The zero-order valence-corrected chi connectivity index (χ0v) is 10.7. The van der Waals surface area contributed by atoms with Crippen LogP contribution in [-0.4, -0.2) is 28.1 Å². The Kier molecular flexibility index (Phi) is 4.55. The topological polar surface area (TPSA) is 86.6 Å². The van der Waals surface area contributed by atoms with Gasteiger partial charge in [-0.25, -0.2) is 4.79 Å². The van der Waals surface area contributed by atoms with Gasteiger partial charge in [-0.15, -0.1) is 0 Å². The van der Waals surface area contributed by atoms with Crippen molar-refractivity contribution in [3.05, 3.63) is 28.8 Å². The molecular weight excluding hydrogens is 258 g/mol. The van der Waals surface area contributed by atoms with Crippen LogP contribution in [0.25, 0.3) is 0 Å². The summed E-state index contributed by atoms with van der Waals surface area (Å²) in [6.45, 7) is 3.37. The van der Waals surface area contributed by atoms with E-state index in [1.54, 1.807) is 13.8 Å². The van der Waals surface area contributed by atoms with Crippen molar-refractivity contribution in [2.24, 2.45) is 5.92 Å². The molecule has 1 atom stereocenters. The van der Waals surface area contributed by atoms with Crippen molar-refractivity contribution in [3.63, 3.8) is 0 Å². The second-order valence-electron chi connectivity index (χ2n) is 4.20. The molecule has 18 heavy (non-hydrogen) atoms. The number of carboxylic acid groups (broad SMARTS) is 1. The Hall–Kier alpha value is -1.75. The van der Waals surface area contributed by atoms with E-state index >= 15 is 0 Å². The zero-order valence-electron chi connectivity index (χ0n) is 9.98. The molecule has 1 amide bonds. The van der Waals surface area contributed by atoms with Gasteiger partial charge in [-0.1, -0.05) is 25.4 Å². The molecule has 0 fully saturated rings. The number of phenolic OH excluding ortho intramolecular Hbond substituents is 1. The van der Waals surface area contributed by atoms with Crippen LogP contribution in [0, 0.1) is 5.92 Å². The summed E-state index contributed by atoms with van der Waals surface area (Å²) < 4.78 is 0. The second kappa shape index (κ2) is 5.73. The number of carbonyl (C=O) groups excluding carboxylic acids is 1. The minimum absolute atomic E-state index is 0.0450. The maximum absolute atomic E-state index is 11.9. The molecule has 0 heterocycles. The van der Waals surface area contributed by atoms with Crippen molar-refractivity contribution in [2.45, 2.75) is 19.9 Å². The third-order valence-electron chi connectivity index (χ3n) is 2.41. The number of carboxylic acids is 1. The molecule has 0 aliphatic heterocycles. The van der Waals surface area contributed by atoms with E-state index in [4.69, 9.17) is 16.7 Å². The van der Waals surface area contributed by atoms with Gasteiger partial charge in [-0.2, -0.15) is 0 Å². The van der Waals surface area contributed by atoms with Crippen LogP contribution in [0.4, 0.5) is 0 Å². The fraction of sp³-hybridized carbons (Fsp3) is 0.333. The van der Waals surface area contributed by atoms with E-state index in [1.165, 1.54) is 18.2 Å². The van der Waals surface area contributed by atoms with Gasteiger partial charge in [0.2, 0.25) is 0 Å². The highest BCUT2D eigenvalue weighted by atomic mass is 35.5. The van der Waals surface area contributed by atoms with E-state index in [0.717, 1.165) is 0 Å². The molecule has 6 heteroatoms. The van der Waals surface area contributed by atoms with Gasteiger partial charge in [0.15, 0.2) is 0 Å². The predicted molar refractivity (Wildman–Crippen MR) is 66.8 cm³/mol. The Morgan fingerprint density at radius 2 is 1.94 bits per heavy atom. The summed E-state index contributed by atoms with van der Waals surface area (Å²) in [7, 11) is 0. The first-order valence-electron chi connectivity index (χ1n) is 5.35. The van der Waals surface area contributed by atoms with Gasteiger partial charge in [0.25, 0.3) is 5.91 Å². The Morgan fingerprint density at radius 1 is 1.33 bits per heavy atom. The van der Waals surface area contributed by atoms with Crippen molar-refractivity contribution < 1.29 is 19.8 Å². The molecule has 0 spiro atoms. The number of hydrogen-bond donors (Lipinski definition) is 3. The Labute approximate surface area is 109 Å². The van der Waals surface area contributed by atoms with Gasteiger partial charge < -0.3 is 15.5 Å². The average Bonchev–Trinajstić information content (AvgIpc) is 2.28. The molecule has 0 aliphatic carbocycles. The summed E-state index contributed by atoms with van der Waals surface area (Å²) in [4.78, 5) is 22.8.